The second-order valence-corrected chi connectivity index (χ2v) is 3.66. The van der Waals surface area contributed by atoms with Crippen LogP contribution < -0.4 is 4.74 Å². The summed E-state index contributed by atoms with van der Waals surface area (Å²) in [5.41, 5.74) is 1.20. The third kappa shape index (κ3) is 3.22. The topological polar surface area (TPSA) is 32.7 Å². The molecule has 0 bridgehead atoms. The molecule has 0 aliphatic rings. The molecule has 0 aromatic heterocycles. The molecule has 1 atom stereocenters. The van der Waals surface area contributed by atoms with Crippen molar-refractivity contribution in [3.8, 4) is 5.75 Å². The van der Waals surface area contributed by atoms with Crippen LogP contribution in [0, 0.1) is 0 Å². The summed E-state index contributed by atoms with van der Waals surface area (Å²) in [5, 5.41) is 8.87. The Bertz CT molecular complexity index is 301. The zero-order valence-electron chi connectivity index (χ0n) is 9.60. The van der Waals surface area contributed by atoms with Crippen molar-refractivity contribution in [2.45, 2.75) is 13.0 Å². The Morgan fingerprint density at radius 1 is 1.47 bits per heavy atom. The molecule has 1 aromatic rings. The maximum absolute atomic E-state index is 8.87. The molecule has 3 heteroatoms. The van der Waals surface area contributed by atoms with Crippen LogP contribution >= 0.6 is 0 Å². The predicted molar refractivity (Wildman–Crippen MR) is 61.1 cm³/mol. The van der Waals surface area contributed by atoms with Crippen molar-refractivity contribution >= 4 is 0 Å². The first-order valence-electron chi connectivity index (χ1n) is 5.14. The molecule has 0 radical (unpaired) electrons. The molecule has 0 amide bonds. The molecule has 0 spiro atoms. The number of aliphatic hydroxyl groups is 1. The number of methoxy groups -OCH3 is 1. The number of aliphatic hydroxyl groups excluding tert-OH is 1. The number of nitrogens with zero attached hydrogens (tertiary/aromatic N) is 1. The SMILES string of the molecule is COc1cccc(C(C)N(C)CCO)c1. The number of ether oxygens (including phenoxy) is 1. The number of rotatable bonds is 5. The van der Waals surface area contributed by atoms with Gasteiger partial charge < -0.3 is 9.84 Å². The van der Waals surface area contributed by atoms with Gasteiger partial charge in [0.1, 0.15) is 5.75 Å². The van der Waals surface area contributed by atoms with E-state index in [1.807, 2.05) is 25.2 Å². The molecule has 15 heavy (non-hydrogen) atoms. The zero-order chi connectivity index (χ0) is 11.3. The van der Waals surface area contributed by atoms with Crippen molar-refractivity contribution in [1.82, 2.24) is 4.90 Å². The van der Waals surface area contributed by atoms with Gasteiger partial charge in [0.05, 0.1) is 13.7 Å². The summed E-state index contributed by atoms with van der Waals surface area (Å²) >= 11 is 0. The molecule has 1 aromatic carbocycles. The molecule has 3 nitrogen and oxygen atoms in total. The third-order valence-electron chi connectivity index (χ3n) is 2.69. The van der Waals surface area contributed by atoms with E-state index in [0.29, 0.717) is 6.54 Å². The van der Waals surface area contributed by atoms with Gasteiger partial charge in [0.15, 0.2) is 0 Å². The zero-order valence-corrected chi connectivity index (χ0v) is 9.60. The minimum absolute atomic E-state index is 0.185. The second kappa shape index (κ2) is 5.73. The van der Waals surface area contributed by atoms with Crippen molar-refractivity contribution in [1.29, 1.82) is 0 Å². The van der Waals surface area contributed by atoms with Crippen LogP contribution in [0.4, 0.5) is 0 Å². The maximum Gasteiger partial charge on any atom is 0.119 e. The van der Waals surface area contributed by atoms with E-state index >= 15 is 0 Å². The molecule has 1 N–H and O–H groups in total. The average Bonchev–Trinajstić information content (AvgIpc) is 2.28. The average molecular weight is 209 g/mol. The minimum Gasteiger partial charge on any atom is -0.497 e. The van der Waals surface area contributed by atoms with Crippen molar-refractivity contribution in [2.24, 2.45) is 0 Å². The lowest BCUT2D eigenvalue weighted by Crippen LogP contribution is -2.25. The van der Waals surface area contributed by atoms with Crippen LogP contribution in [-0.2, 0) is 0 Å². The highest BCUT2D eigenvalue weighted by molar-refractivity contribution is 5.30. The molecule has 0 heterocycles. The van der Waals surface area contributed by atoms with Crippen molar-refractivity contribution in [2.75, 3.05) is 27.3 Å². The number of benzene rings is 1. The Kier molecular flexibility index (Phi) is 4.59. The second-order valence-electron chi connectivity index (χ2n) is 3.66. The van der Waals surface area contributed by atoms with E-state index in [4.69, 9.17) is 9.84 Å². The summed E-state index contributed by atoms with van der Waals surface area (Å²) in [6.07, 6.45) is 0. The van der Waals surface area contributed by atoms with E-state index in [-0.39, 0.29) is 12.6 Å². The summed E-state index contributed by atoms with van der Waals surface area (Å²) in [4.78, 5) is 2.11. The highest BCUT2D eigenvalue weighted by Gasteiger charge is 2.11. The summed E-state index contributed by atoms with van der Waals surface area (Å²) in [5.74, 6) is 0.872. The summed E-state index contributed by atoms with van der Waals surface area (Å²) in [6, 6.07) is 8.30. The molecular weight excluding hydrogens is 190 g/mol. The van der Waals surface area contributed by atoms with Gasteiger partial charge in [-0.2, -0.15) is 0 Å². The molecule has 0 fully saturated rings. The maximum atomic E-state index is 8.87. The largest absolute Gasteiger partial charge is 0.497 e. The van der Waals surface area contributed by atoms with Crippen LogP contribution in [0.1, 0.15) is 18.5 Å². The fourth-order valence-electron chi connectivity index (χ4n) is 1.51. The third-order valence-corrected chi connectivity index (χ3v) is 2.69. The molecule has 1 unspecified atom stereocenters. The standard InChI is InChI=1S/C12H19NO2/c1-10(13(2)7-8-14)11-5-4-6-12(9-11)15-3/h4-6,9-10,14H,7-8H2,1-3H3. The minimum atomic E-state index is 0.185. The van der Waals surface area contributed by atoms with E-state index in [2.05, 4.69) is 17.9 Å². The Morgan fingerprint density at radius 2 is 2.20 bits per heavy atom. The van der Waals surface area contributed by atoms with E-state index in [1.54, 1.807) is 7.11 Å². The highest BCUT2D eigenvalue weighted by atomic mass is 16.5. The van der Waals surface area contributed by atoms with Crippen LogP contribution in [0.2, 0.25) is 0 Å². The molecule has 84 valence electrons. The van der Waals surface area contributed by atoms with Gasteiger partial charge in [-0.15, -0.1) is 0 Å². The first-order chi connectivity index (χ1) is 7.19. The van der Waals surface area contributed by atoms with Gasteiger partial charge in [-0.1, -0.05) is 12.1 Å². The summed E-state index contributed by atoms with van der Waals surface area (Å²) in [6.45, 7) is 2.98. The first kappa shape index (κ1) is 12.0. The predicted octanol–water partition coefficient (Wildman–Crippen LogP) is 1.68. The van der Waals surface area contributed by atoms with Crippen molar-refractivity contribution in [3.63, 3.8) is 0 Å². The lowest BCUT2D eigenvalue weighted by Gasteiger charge is -2.24. The smallest absolute Gasteiger partial charge is 0.119 e. The van der Waals surface area contributed by atoms with Gasteiger partial charge in [0.2, 0.25) is 0 Å². The van der Waals surface area contributed by atoms with Gasteiger partial charge in [0.25, 0.3) is 0 Å². The lowest BCUT2D eigenvalue weighted by molar-refractivity contribution is 0.188. The fourth-order valence-corrected chi connectivity index (χ4v) is 1.51. The van der Waals surface area contributed by atoms with Crippen molar-refractivity contribution in [3.05, 3.63) is 29.8 Å². The molecule has 0 saturated carbocycles. The summed E-state index contributed by atoms with van der Waals surface area (Å²) < 4.78 is 5.18. The molecular formula is C12H19NO2. The molecule has 0 aliphatic carbocycles. The monoisotopic (exact) mass is 209 g/mol. The fraction of sp³-hybridized carbons (Fsp3) is 0.500. The van der Waals surface area contributed by atoms with E-state index in [9.17, 15) is 0 Å². The van der Waals surface area contributed by atoms with Crippen LogP contribution in [0.3, 0.4) is 0 Å². The Labute approximate surface area is 91.3 Å². The highest BCUT2D eigenvalue weighted by Crippen LogP contribution is 2.22. The van der Waals surface area contributed by atoms with Gasteiger partial charge in [0, 0.05) is 12.6 Å². The Morgan fingerprint density at radius 3 is 2.80 bits per heavy atom. The van der Waals surface area contributed by atoms with Gasteiger partial charge in [-0.3, -0.25) is 4.90 Å². The Hall–Kier alpha value is -1.06. The van der Waals surface area contributed by atoms with Crippen LogP contribution in [0.15, 0.2) is 24.3 Å². The number of likely N-dealkylation sites (N-methyl/N-ethyl adjacent to an activating group) is 1. The van der Waals surface area contributed by atoms with Crippen LogP contribution in [0.25, 0.3) is 0 Å². The molecule has 0 saturated heterocycles. The van der Waals surface area contributed by atoms with Gasteiger partial charge in [-0.25, -0.2) is 0 Å². The Balaban J connectivity index is 2.76. The van der Waals surface area contributed by atoms with Gasteiger partial charge >= 0.3 is 0 Å². The molecule has 1 rings (SSSR count). The summed E-state index contributed by atoms with van der Waals surface area (Å²) in [7, 11) is 3.67. The van der Waals surface area contributed by atoms with E-state index < -0.39 is 0 Å². The normalized spacial score (nSPS) is 12.9. The first-order valence-corrected chi connectivity index (χ1v) is 5.14. The number of hydrogen-bond acceptors (Lipinski definition) is 3. The van der Waals surface area contributed by atoms with E-state index in [0.717, 1.165) is 5.75 Å². The van der Waals surface area contributed by atoms with Crippen LogP contribution in [0.5, 0.6) is 5.75 Å². The van der Waals surface area contributed by atoms with Gasteiger partial charge in [-0.05, 0) is 31.7 Å². The van der Waals surface area contributed by atoms with Crippen molar-refractivity contribution < 1.29 is 9.84 Å². The molecule has 0 aliphatic heterocycles. The number of hydrogen-bond donors (Lipinski definition) is 1. The van der Waals surface area contributed by atoms with Crippen LogP contribution in [-0.4, -0.2) is 37.3 Å². The lowest BCUT2D eigenvalue weighted by atomic mass is 10.1. The van der Waals surface area contributed by atoms with E-state index in [1.165, 1.54) is 5.56 Å². The quantitative estimate of drug-likeness (QED) is 0.801.